The maximum Gasteiger partial charge on any atom is 0.317 e. The van der Waals surface area contributed by atoms with E-state index in [9.17, 15) is 9.59 Å². The van der Waals surface area contributed by atoms with Gasteiger partial charge in [0.25, 0.3) is 5.91 Å². The average Bonchev–Trinajstić information content (AvgIpc) is 3.15. The predicted molar refractivity (Wildman–Crippen MR) is 94.9 cm³/mol. The summed E-state index contributed by atoms with van der Waals surface area (Å²) >= 11 is 6.09. The lowest BCUT2D eigenvalue weighted by Crippen LogP contribution is -2.49. The standard InChI is InChI=1S/C16H19ClN6O4/c1-21(9-15(24)25)7-12-8-22(4-5-27-12)16(26)13-6-11(17)2-3-14(13)23-10-18-19-20-23/h2-3,6,10,12H,4-5,7-9H2,1H3,(H,24,25). The minimum atomic E-state index is -0.911. The molecule has 1 aliphatic rings. The van der Waals surface area contributed by atoms with Crippen LogP contribution in [0, 0.1) is 0 Å². The number of morpholine rings is 1. The summed E-state index contributed by atoms with van der Waals surface area (Å²) < 4.78 is 7.09. The van der Waals surface area contributed by atoms with Crippen LogP contribution < -0.4 is 0 Å². The highest BCUT2D eigenvalue weighted by Gasteiger charge is 2.28. The molecular formula is C16H19ClN6O4. The van der Waals surface area contributed by atoms with E-state index in [1.165, 1.54) is 11.0 Å². The molecule has 144 valence electrons. The number of rotatable bonds is 6. The fourth-order valence-electron chi connectivity index (χ4n) is 2.98. The van der Waals surface area contributed by atoms with Crippen LogP contribution in [-0.4, -0.2) is 92.9 Å². The number of ether oxygens (including phenoxy) is 1. The third-order valence-electron chi connectivity index (χ3n) is 4.13. The van der Waals surface area contributed by atoms with Crippen LogP contribution in [0.1, 0.15) is 10.4 Å². The zero-order valence-corrected chi connectivity index (χ0v) is 15.4. The number of hydrogen-bond acceptors (Lipinski definition) is 7. The van der Waals surface area contributed by atoms with Crippen LogP contribution in [-0.2, 0) is 9.53 Å². The number of halogens is 1. The molecule has 2 aromatic rings. The van der Waals surface area contributed by atoms with E-state index in [0.29, 0.717) is 42.5 Å². The molecule has 27 heavy (non-hydrogen) atoms. The molecule has 1 atom stereocenters. The van der Waals surface area contributed by atoms with Gasteiger partial charge in [0, 0.05) is 24.7 Å². The second kappa shape index (κ2) is 8.42. The van der Waals surface area contributed by atoms with Gasteiger partial charge in [0.05, 0.1) is 30.5 Å². The lowest BCUT2D eigenvalue weighted by Gasteiger charge is -2.35. The van der Waals surface area contributed by atoms with E-state index in [-0.39, 0.29) is 18.6 Å². The minimum absolute atomic E-state index is 0.0917. The number of hydrogen-bond donors (Lipinski definition) is 1. The van der Waals surface area contributed by atoms with Crippen LogP contribution >= 0.6 is 11.6 Å². The Morgan fingerprint density at radius 3 is 2.96 bits per heavy atom. The lowest BCUT2D eigenvalue weighted by molar-refractivity contribution is -0.138. The Labute approximate surface area is 160 Å². The minimum Gasteiger partial charge on any atom is -0.480 e. The maximum absolute atomic E-state index is 13.1. The van der Waals surface area contributed by atoms with Crippen molar-refractivity contribution >= 4 is 23.5 Å². The number of amides is 1. The predicted octanol–water partition coefficient (Wildman–Crippen LogP) is 0.173. The quantitative estimate of drug-likeness (QED) is 0.737. The number of likely N-dealkylation sites (N-methyl/N-ethyl adjacent to an activating group) is 1. The van der Waals surface area contributed by atoms with Gasteiger partial charge < -0.3 is 14.7 Å². The van der Waals surface area contributed by atoms with Crippen LogP contribution in [0.5, 0.6) is 0 Å². The summed E-state index contributed by atoms with van der Waals surface area (Å²) in [7, 11) is 1.70. The van der Waals surface area contributed by atoms with Crippen molar-refractivity contribution in [2.75, 3.05) is 39.8 Å². The highest BCUT2D eigenvalue weighted by Crippen LogP contribution is 2.22. The first kappa shape index (κ1) is 19.2. The monoisotopic (exact) mass is 394 g/mol. The van der Waals surface area contributed by atoms with Gasteiger partial charge in [0.15, 0.2) is 0 Å². The number of benzene rings is 1. The highest BCUT2D eigenvalue weighted by atomic mass is 35.5. The molecule has 0 saturated carbocycles. The molecule has 1 N–H and O–H groups in total. The van der Waals surface area contributed by atoms with Crippen LogP contribution in [0.15, 0.2) is 24.5 Å². The third-order valence-corrected chi connectivity index (χ3v) is 4.37. The maximum atomic E-state index is 13.1. The van der Waals surface area contributed by atoms with Gasteiger partial charge in [-0.3, -0.25) is 14.5 Å². The Kier molecular flexibility index (Phi) is 5.99. The molecule has 0 spiro atoms. The number of aromatic nitrogens is 4. The highest BCUT2D eigenvalue weighted by molar-refractivity contribution is 6.31. The molecule has 0 bridgehead atoms. The lowest BCUT2D eigenvalue weighted by atomic mass is 10.1. The molecule has 1 saturated heterocycles. The molecule has 11 heteroatoms. The van der Waals surface area contributed by atoms with Gasteiger partial charge in [-0.1, -0.05) is 11.6 Å². The molecule has 0 radical (unpaired) electrons. The number of nitrogens with zero attached hydrogens (tertiary/aromatic N) is 6. The first-order valence-electron chi connectivity index (χ1n) is 8.28. The first-order valence-corrected chi connectivity index (χ1v) is 8.66. The third kappa shape index (κ3) is 4.79. The van der Waals surface area contributed by atoms with Gasteiger partial charge in [0.2, 0.25) is 0 Å². The number of tetrazole rings is 1. The first-order chi connectivity index (χ1) is 12.9. The topological polar surface area (TPSA) is 114 Å². The summed E-state index contributed by atoms with van der Waals surface area (Å²) in [5, 5.41) is 20.4. The van der Waals surface area contributed by atoms with Crippen molar-refractivity contribution in [1.82, 2.24) is 30.0 Å². The van der Waals surface area contributed by atoms with Gasteiger partial charge in [-0.2, -0.15) is 4.68 Å². The largest absolute Gasteiger partial charge is 0.480 e. The van der Waals surface area contributed by atoms with E-state index in [4.69, 9.17) is 21.4 Å². The molecule has 2 heterocycles. The molecule has 1 amide bonds. The molecule has 1 aliphatic heterocycles. The van der Waals surface area contributed by atoms with Crippen molar-refractivity contribution in [3.8, 4) is 5.69 Å². The van der Waals surface area contributed by atoms with E-state index in [1.807, 2.05) is 0 Å². The van der Waals surface area contributed by atoms with Gasteiger partial charge in [0.1, 0.15) is 6.33 Å². The van der Waals surface area contributed by atoms with Crippen molar-refractivity contribution in [1.29, 1.82) is 0 Å². The molecular weight excluding hydrogens is 376 g/mol. The Morgan fingerprint density at radius 1 is 1.44 bits per heavy atom. The summed E-state index contributed by atoms with van der Waals surface area (Å²) in [5.41, 5.74) is 0.912. The van der Waals surface area contributed by atoms with Crippen molar-refractivity contribution in [3.63, 3.8) is 0 Å². The van der Waals surface area contributed by atoms with Crippen LogP contribution in [0.3, 0.4) is 0 Å². The zero-order chi connectivity index (χ0) is 19.4. The number of carbonyl (C=O) groups excluding carboxylic acids is 1. The number of aliphatic carboxylic acids is 1. The molecule has 1 unspecified atom stereocenters. The molecule has 1 aromatic heterocycles. The van der Waals surface area contributed by atoms with Gasteiger partial charge in [-0.25, -0.2) is 0 Å². The van der Waals surface area contributed by atoms with Crippen molar-refractivity contribution in [2.45, 2.75) is 6.10 Å². The van der Waals surface area contributed by atoms with Gasteiger partial charge >= 0.3 is 5.97 Å². The summed E-state index contributed by atoms with van der Waals surface area (Å²) in [4.78, 5) is 27.2. The Bertz CT molecular complexity index is 815. The van der Waals surface area contributed by atoms with E-state index in [0.717, 1.165) is 0 Å². The molecule has 0 aliphatic carbocycles. The fraction of sp³-hybridized carbons (Fsp3) is 0.438. The molecule has 1 fully saturated rings. The van der Waals surface area contributed by atoms with Gasteiger partial charge in [-0.05, 0) is 35.7 Å². The summed E-state index contributed by atoms with van der Waals surface area (Å²) in [6, 6.07) is 4.94. The fourth-order valence-corrected chi connectivity index (χ4v) is 3.15. The number of carboxylic acid groups (broad SMARTS) is 1. The molecule has 3 rings (SSSR count). The van der Waals surface area contributed by atoms with Crippen molar-refractivity contribution in [2.24, 2.45) is 0 Å². The van der Waals surface area contributed by atoms with Crippen molar-refractivity contribution in [3.05, 3.63) is 35.1 Å². The smallest absolute Gasteiger partial charge is 0.317 e. The Morgan fingerprint density at radius 2 is 2.26 bits per heavy atom. The SMILES string of the molecule is CN(CC(=O)O)CC1CN(C(=O)c2cc(Cl)ccc2-n2cnnn2)CCO1. The Hall–Kier alpha value is -2.56. The summed E-state index contributed by atoms with van der Waals surface area (Å²) in [5.74, 6) is -1.12. The normalized spacial score (nSPS) is 17.3. The molecule has 10 nitrogen and oxygen atoms in total. The average molecular weight is 395 g/mol. The second-order valence-corrected chi connectivity index (χ2v) is 6.69. The zero-order valence-electron chi connectivity index (χ0n) is 14.7. The number of carbonyl (C=O) groups is 2. The van der Waals surface area contributed by atoms with E-state index < -0.39 is 5.97 Å². The van der Waals surface area contributed by atoms with Crippen LogP contribution in [0.4, 0.5) is 0 Å². The van der Waals surface area contributed by atoms with Crippen LogP contribution in [0.2, 0.25) is 5.02 Å². The van der Waals surface area contributed by atoms with E-state index >= 15 is 0 Å². The van der Waals surface area contributed by atoms with Gasteiger partial charge in [-0.15, -0.1) is 5.10 Å². The van der Waals surface area contributed by atoms with Crippen LogP contribution in [0.25, 0.3) is 5.69 Å². The van der Waals surface area contributed by atoms with Crippen molar-refractivity contribution < 1.29 is 19.4 Å². The van der Waals surface area contributed by atoms with E-state index in [1.54, 1.807) is 35.0 Å². The summed E-state index contributed by atoms with van der Waals surface area (Å²) in [6.07, 6.45) is 1.13. The second-order valence-electron chi connectivity index (χ2n) is 6.25. The number of carboxylic acids is 1. The molecule has 1 aromatic carbocycles. The Balaban J connectivity index is 1.76. The van der Waals surface area contributed by atoms with E-state index in [2.05, 4.69) is 15.5 Å². The summed E-state index contributed by atoms with van der Waals surface area (Å²) in [6.45, 7) is 1.47.